The second-order valence-corrected chi connectivity index (χ2v) is 5.49. The van der Waals surface area contributed by atoms with Gasteiger partial charge in [0.2, 0.25) is 0 Å². The van der Waals surface area contributed by atoms with Gasteiger partial charge in [-0.05, 0) is 24.5 Å². The maximum atomic E-state index is 5.97. The van der Waals surface area contributed by atoms with E-state index in [9.17, 15) is 0 Å². The van der Waals surface area contributed by atoms with Gasteiger partial charge in [-0.2, -0.15) is 0 Å². The number of rotatable bonds is 5. The van der Waals surface area contributed by atoms with E-state index in [1.54, 1.807) is 6.33 Å². The number of benzene rings is 1. The van der Waals surface area contributed by atoms with E-state index in [-0.39, 0.29) is 0 Å². The maximum absolute atomic E-state index is 5.97. The van der Waals surface area contributed by atoms with Crippen molar-refractivity contribution in [2.24, 2.45) is 0 Å². The summed E-state index contributed by atoms with van der Waals surface area (Å²) in [5.74, 6) is 1.01. The Kier molecular flexibility index (Phi) is 4.15. The first-order valence-electron chi connectivity index (χ1n) is 7.48. The number of aromatic nitrogens is 2. The third kappa shape index (κ3) is 3.22. The van der Waals surface area contributed by atoms with Gasteiger partial charge in [-0.1, -0.05) is 31.2 Å². The Bertz CT molecular complexity index is 608. The predicted octanol–water partition coefficient (Wildman–Crippen LogP) is 2.75. The predicted molar refractivity (Wildman–Crippen MR) is 83.4 cm³/mol. The molecule has 1 fully saturated rings. The SMILES string of the molecule is CCc1cc(N2CC(OCc3ccccc3C)C2)ncn1. The van der Waals surface area contributed by atoms with Crippen molar-refractivity contribution < 1.29 is 4.74 Å². The Morgan fingerprint density at radius 2 is 2.05 bits per heavy atom. The third-order valence-corrected chi connectivity index (χ3v) is 3.98. The molecule has 0 spiro atoms. The first kappa shape index (κ1) is 14.0. The molecule has 0 aliphatic carbocycles. The van der Waals surface area contributed by atoms with E-state index in [4.69, 9.17) is 4.74 Å². The Morgan fingerprint density at radius 3 is 2.81 bits per heavy atom. The van der Waals surface area contributed by atoms with Crippen LogP contribution in [-0.4, -0.2) is 29.2 Å². The van der Waals surface area contributed by atoms with Crippen LogP contribution in [0.2, 0.25) is 0 Å². The van der Waals surface area contributed by atoms with E-state index >= 15 is 0 Å². The summed E-state index contributed by atoms with van der Waals surface area (Å²) in [4.78, 5) is 10.8. The zero-order chi connectivity index (χ0) is 14.7. The van der Waals surface area contributed by atoms with Crippen LogP contribution < -0.4 is 4.90 Å². The minimum Gasteiger partial charge on any atom is -0.370 e. The topological polar surface area (TPSA) is 38.2 Å². The lowest BCUT2D eigenvalue weighted by molar-refractivity contribution is 0.0218. The zero-order valence-corrected chi connectivity index (χ0v) is 12.6. The molecule has 4 nitrogen and oxygen atoms in total. The van der Waals surface area contributed by atoms with Crippen LogP contribution in [0.25, 0.3) is 0 Å². The summed E-state index contributed by atoms with van der Waals surface area (Å²) in [6, 6.07) is 10.4. The molecule has 1 aliphatic rings. The Morgan fingerprint density at radius 1 is 1.24 bits per heavy atom. The molecule has 2 aromatic rings. The lowest BCUT2D eigenvalue weighted by atomic mass is 10.1. The fourth-order valence-corrected chi connectivity index (χ4v) is 2.46. The molecule has 0 radical (unpaired) electrons. The highest BCUT2D eigenvalue weighted by molar-refractivity contribution is 5.42. The lowest BCUT2D eigenvalue weighted by Gasteiger charge is -2.39. The van der Waals surface area contributed by atoms with Crippen LogP contribution in [0.3, 0.4) is 0 Å². The highest BCUT2D eigenvalue weighted by atomic mass is 16.5. The Labute approximate surface area is 125 Å². The molecule has 3 rings (SSSR count). The summed E-state index contributed by atoms with van der Waals surface area (Å²) >= 11 is 0. The van der Waals surface area contributed by atoms with E-state index in [0.29, 0.717) is 12.7 Å². The molecule has 1 saturated heterocycles. The van der Waals surface area contributed by atoms with Crippen molar-refractivity contribution in [3.63, 3.8) is 0 Å². The lowest BCUT2D eigenvalue weighted by Crippen LogP contribution is -2.52. The Hall–Kier alpha value is -1.94. The van der Waals surface area contributed by atoms with Crippen LogP contribution in [0, 0.1) is 6.92 Å². The molecule has 0 unspecified atom stereocenters. The summed E-state index contributed by atoms with van der Waals surface area (Å²) in [6.07, 6.45) is 2.89. The first-order valence-corrected chi connectivity index (χ1v) is 7.48. The van der Waals surface area contributed by atoms with Gasteiger partial charge >= 0.3 is 0 Å². The van der Waals surface area contributed by atoms with Crippen LogP contribution in [0.4, 0.5) is 5.82 Å². The van der Waals surface area contributed by atoms with Gasteiger partial charge in [-0.3, -0.25) is 0 Å². The van der Waals surface area contributed by atoms with Gasteiger partial charge in [0.15, 0.2) is 0 Å². The molecule has 0 amide bonds. The molecule has 1 aromatic heterocycles. The molecule has 0 N–H and O–H groups in total. The molecule has 21 heavy (non-hydrogen) atoms. The molecular formula is C17H21N3O. The second kappa shape index (κ2) is 6.22. The number of ether oxygens (including phenoxy) is 1. The average molecular weight is 283 g/mol. The van der Waals surface area contributed by atoms with Crippen molar-refractivity contribution in [3.8, 4) is 0 Å². The van der Waals surface area contributed by atoms with Gasteiger partial charge in [-0.25, -0.2) is 9.97 Å². The van der Waals surface area contributed by atoms with Gasteiger partial charge in [0.05, 0.1) is 12.7 Å². The zero-order valence-electron chi connectivity index (χ0n) is 12.6. The number of nitrogens with zero attached hydrogens (tertiary/aromatic N) is 3. The van der Waals surface area contributed by atoms with Gasteiger partial charge in [0.1, 0.15) is 12.1 Å². The molecule has 1 aromatic carbocycles. The fourth-order valence-electron chi connectivity index (χ4n) is 2.46. The molecule has 2 heterocycles. The van der Waals surface area contributed by atoms with Crippen molar-refractivity contribution in [1.29, 1.82) is 0 Å². The Balaban J connectivity index is 1.51. The van der Waals surface area contributed by atoms with E-state index in [1.165, 1.54) is 11.1 Å². The molecular weight excluding hydrogens is 262 g/mol. The average Bonchev–Trinajstić information content (AvgIpc) is 2.47. The number of aryl methyl sites for hydroxylation is 2. The van der Waals surface area contributed by atoms with E-state index in [0.717, 1.165) is 31.0 Å². The summed E-state index contributed by atoms with van der Waals surface area (Å²) < 4.78 is 5.97. The number of hydrogen-bond acceptors (Lipinski definition) is 4. The third-order valence-electron chi connectivity index (χ3n) is 3.98. The quantitative estimate of drug-likeness (QED) is 0.845. The normalized spacial score (nSPS) is 15.0. The van der Waals surface area contributed by atoms with Crippen LogP contribution in [0.1, 0.15) is 23.7 Å². The number of hydrogen-bond donors (Lipinski definition) is 0. The molecule has 4 heteroatoms. The van der Waals surface area contributed by atoms with E-state index in [2.05, 4.69) is 59.0 Å². The molecule has 110 valence electrons. The highest BCUT2D eigenvalue weighted by Gasteiger charge is 2.28. The largest absolute Gasteiger partial charge is 0.370 e. The smallest absolute Gasteiger partial charge is 0.132 e. The molecule has 0 saturated carbocycles. The number of anilines is 1. The summed E-state index contributed by atoms with van der Waals surface area (Å²) in [5.41, 5.74) is 3.65. The van der Waals surface area contributed by atoms with Gasteiger partial charge in [0.25, 0.3) is 0 Å². The summed E-state index contributed by atoms with van der Waals surface area (Å²) in [5, 5.41) is 0. The maximum Gasteiger partial charge on any atom is 0.132 e. The minimum atomic E-state index is 0.296. The van der Waals surface area contributed by atoms with Crippen LogP contribution in [0.15, 0.2) is 36.7 Å². The fraction of sp³-hybridized carbons (Fsp3) is 0.412. The monoisotopic (exact) mass is 283 g/mol. The second-order valence-electron chi connectivity index (χ2n) is 5.49. The van der Waals surface area contributed by atoms with E-state index in [1.807, 2.05) is 0 Å². The van der Waals surface area contributed by atoms with Crippen LogP contribution >= 0.6 is 0 Å². The van der Waals surface area contributed by atoms with Crippen molar-refractivity contribution in [2.75, 3.05) is 18.0 Å². The van der Waals surface area contributed by atoms with Crippen molar-refractivity contribution in [3.05, 3.63) is 53.5 Å². The van der Waals surface area contributed by atoms with Crippen LogP contribution in [-0.2, 0) is 17.8 Å². The van der Waals surface area contributed by atoms with Crippen molar-refractivity contribution in [2.45, 2.75) is 33.0 Å². The van der Waals surface area contributed by atoms with Gasteiger partial charge in [0, 0.05) is 24.8 Å². The van der Waals surface area contributed by atoms with Crippen LogP contribution in [0.5, 0.6) is 0 Å². The standard InChI is InChI=1S/C17H21N3O/c1-3-15-8-17(19-12-18-15)20-9-16(10-20)21-11-14-7-5-4-6-13(14)2/h4-8,12,16H,3,9-11H2,1-2H3. The molecule has 0 bridgehead atoms. The van der Waals surface area contributed by atoms with E-state index < -0.39 is 0 Å². The van der Waals surface area contributed by atoms with Crippen molar-refractivity contribution >= 4 is 5.82 Å². The molecule has 1 aliphatic heterocycles. The van der Waals surface area contributed by atoms with Crippen molar-refractivity contribution in [1.82, 2.24) is 9.97 Å². The summed E-state index contributed by atoms with van der Waals surface area (Å²) in [6.45, 7) is 6.74. The van der Waals surface area contributed by atoms with Gasteiger partial charge < -0.3 is 9.64 Å². The molecule has 0 atom stereocenters. The first-order chi connectivity index (χ1) is 10.3. The minimum absolute atomic E-state index is 0.296. The highest BCUT2D eigenvalue weighted by Crippen LogP contribution is 2.21. The van der Waals surface area contributed by atoms with Gasteiger partial charge in [-0.15, -0.1) is 0 Å². The summed E-state index contributed by atoms with van der Waals surface area (Å²) in [7, 11) is 0.